The molecule has 0 aromatic heterocycles. The summed E-state index contributed by atoms with van der Waals surface area (Å²) in [7, 11) is 0. The van der Waals surface area contributed by atoms with E-state index >= 15 is 0 Å². The van der Waals surface area contributed by atoms with E-state index in [1.165, 1.54) is 0 Å². The Morgan fingerprint density at radius 2 is 1.84 bits per heavy atom. The first kappa shape index (κ1) is 17.4. The molecule has 0 aliphatic carbocycles. The van der Waals surface area contributed by atoms with E-state index in [9.17, 15) is 14.4 Å². The van der Waals surface area contributed by atoms with Gasteiger partial charge in [0.15, 0.2) is 0 Å². The summed E-state index contributed by atoms with van der Waals surface area (Å²) in [5.74, 6) is -3.10. The van der Waals surface area contributed by atoms with Gasteiger partial charge in [-0.05, 0) is 12.8 Å². The lowest BCUT2D eigenvalue weighted by Gasteiger charge is -2.19. The summed E-state index contributed by atoms with van der Waals surface area (Å²) in [6, 6.07) is -0.908. The Morgan fingerprint density at radius 3 is 2.26 bits per heavy atom. The molecule has 0 aliphatic rings. The summed E-state index contributed by atoms with van der Waals surface area (Å²) in [5.41, 5.74) is 5.63. The van der Waals surface area contributed by atoms with E-state index in [1.807, 2.05) is 6.92 Å². The number of ether oxygens (including phenoxy) is 2. The van der Waals surface area contributed by atoms with Gasteiger partial charge in [0.25, 0.3) is 0 Å². The second-order valence-corrected chi connectivity index (χ2v) is 4.18. The van der Waals surface area contributed by atoms with E-state index in [0.717, 1.165) is 0 Å². The van der Waals surface area contributed by atoms with Crippen molar-refractivity contribution in [1.29, 1.82) is 0 Å². The van der Waals surface area contributed by atoms with Crippen LogP contribution in [0.5, 0.6) is 0 Å². The average molecular weight is 275 g/mol. The number of aliphatic carboxylic acids is 1. The number of rotatable bonds is 8. The van der Waals surface area contributed by atoms with Crippen molar-refractivity contribution in [1.82, 2.24) is 0 Å². The number of nitrogens with two attached hydrogens (primary N) is 1. The molecule has 0 rings (SSSR count). The Morgan fingerprint density at radius 1 is 1.26 bits per heavy atom. The molecular weight excluding hydrogens is 254 g/mol. The van der Waals surface area contributed by atoms with Crippen LogP contribution in [0.1, 0.15) is 33.6 Å². The number of hydrogen-bond acceptors (Lipinski definition) is 6. The Kier molecular flexibility index (Phi) is 7.74. The summed E-state index contributed by atoms with van der Waals surface area (Å²) in [4.78, 5) is 33.7. The number of hydrogen-bond donors (Lipinski definition) is 2. The second kappa shape index (κ2) is 8.47. The van der Waals surface area contributed by atoms with Crippen LogP contribution in [0.4, 0.5) is 0 Å². The molecule has 0 saturated carbocycles. The highest BCUT2D eigenvalue weighted by Gasteiger charge is 2.30. The molecule has 3 atom stereocenters. The molecule has 0 saturated heterocycles. The van der Waals surface area contributed by atoms with Crippen molar-refractivity contribution in [2.24, 2.45) is 11.7 Å². The van der Waals surface area contributed by atoms with Crippen molar-refractivity contribution < 1.29 is 29.0 Å². The molecular formula is C12H21NO6. The van der Waals surface area contributed by atoms with Gasteiger partial charge in [0, 0.05) is 0 Å². The first-order valence-electron chi connectivity index (χ1n) is 6.17. The van der Waals surface area contributed by atoms with Crippen LogP contribution in [-0.2, 0) is 23.9 Å². The zero-order chi connectivity index (χ0) is 15.0. The quantitative estimate of drug-likeness (QED) is 0.612. The number of carbonyl (C=O) groups excluding carboxylic acids is 2. The smallest absolute Gasteiger partial charge is 0.345 e. The molecule has 0 aliphatic heterocycles. The lowest BCUT2D eigenvalue weighted by Crippen LogP contribution is -2.42. The lowest BCUT2D eigenvalue weighted by molar-refractivity contribution is -0.169. The normalized spacial score (nSPS) is 15.2. The van der Waals surface area contributed by atoms with E-state index in [-0.39, 0.29) is 12.5 Å². The third-order valence-electron chi connectivity index (χ3n) is 2.72. The van der Waals surface area contributed by atoms with Gasteiger partial charge >= 0.3 is 17.9 Å². The van der Waals surface area contributed by atoms with Crippen LogP contribution in [-0.4, -0.2) is 41.8 Å². The third kappa shape index (κ3) is 6.19. The topological polar surface area (TPSA) is 116 Å². The van der Waals surface area contributed by atoms with Gasteiger partial charge < -0.3 is 20.3 Å². The fourth-order valence-corrected chi connectivity index (χ4v) is 1.26. The largest absolute Gasteiger partial charge is 0.478 e. The minimum absolute atomic E-state index is 0.130. The predicted octanol–water partition coefficient (Wildman–Crippen LogP) is 0.309. The first-order valence-corrected chi connectivity index (χ1v) is 6.17. The lowest BCUT2D eigenvalue weighted by atomic mass is 10.0. The summed E-state index contributed by atoms with van der Waals surface area (Å²) in [5, 5.41) is 8.89. The maximum Gasteiger partial charge on any atom is 0.345 e. The number of carboxylic acids is 1. The number of carboxylic acid groups (broad SMARTS) is 1. The molecule has 0 spiro atoms. The molecule has 3 N–H and O–H groups in total. The Labute approximate surface area is 112 Å². The Balaban J connectivity index is 4.54. The van der Waals surface area contributed by atoms with Crippen LogP contribution >= 0.6 is 0 Å². The van der Waals surface area contributed by atoms with Gasteiger partial charge in [-0.1, -0.05) is 20.3 Å². The summed E-state index contributed by atoms with van der Waals surface area (Å²) < 4.78 is 9.36. The van der Waals surface area contributed by atoms with Crippen molar-refractivity contribution in [2.45, 2.75) is 45.8 Å². The zero-order valence-corrected chi connectivity index (χ0v) is 11.4. The van der Waals surface area contributed by atoms with E-state index in [1.54, 1.807) is 13.8 Å². The summed E-state index contributed by atoms with van der Waals surface area (Å²) in [6.07, 6.45) is -1.43. The third-order valence-corrected chi connectivity index (χ3v) is 2.72. The standard InChI is InChI=1S/C12H21NO6/c1-4-7(3)10(13)12(17)19-8(11(15)16)6-9(14)18-5-2/h7-8,10H,4-6,13H2,1-3H3,(H,15,16)/t7-,8?,10-/m0/s1. The van der Waals surface area contributed by atoms with Gasteiger partial charge in [0.2, 0.25) is 6.10 Å². The van der Waals surface area contributed by atoms with Crippen molar-refractivity contribution in [3.8, 4) is 0 Å². The molecule has 0 aromatic rings. The maximum absolute atomic E-state index is 11.6. The Hall–Kier alpha value is -1.63. The number of carbonyl (C=O) groups is 3. The first-order chi connectivity index (χ1) is 8.83. The SMILES string of the molecule is CCOC(=O)CC(OC(=O)[C@@H](N)[C@@H](C)CC)C(=O)O. The molecule has 0 bridgehead atoms. The molecule has 7 heteroatoms. The zero-order valence-electron chi connectivity index (χ0n) is 11.4. The highest BCUT2D eigenvalue weighted by Crippen LogP contribution is 2.10. The molecule has 0 amide bonds. The van der Waals surface area contributed by atoms with Crippen LogP contribution in [0, 0.1) is 5.92 Å². The summed E-state index contributed by atoms with van der Waals surface area (Å²) in [6.45, 7) is 5.34. The van der Waals surface area contributed by atoms with E-state index in [4.69, 9.17) is 15.6 Å². The average Bonchev–Trinajstić information content (AvgIpc) is 2.36. The second-order valence-electron chi connectivity index (χ2n) is 4.18. The highest BCUT2D eigenvalue weighted by molar-refractivity contribution is 5.84. The maximum atomic E-state index is 11.6. The van der Waals surface area contributed by atoms with E-state index in [0.29, 0.717) is 6.42 Å². The van der Waals surface area contributed by atoms with Crippen LogP contribution in [0.3, 0.4) is 0 Å². The van der Waals surface area contributed by atoms with Crippen LogP contribution in [0.25, 0.3) is 0 Å². The predicted molar refractivity (Wildman–Crippen MR) is 66.2 cm³/mol. The molecule has 19 heavy (non-hydrogen) atoms. The van der Waals surface area contributed by atoms with E-state index in [2.05, 4.69) is 4.74 Å². The van der Waals surface area contributed by atoms with Gasteiger partial charge in [-0.25, -0.2) is 4.79 Å². The van der Waals surface area contributed by atoms with Gasteiger partial charge in [-0.3, -0.25) is 9.59 Å². The van der Waals surface area contributed by atoms with Crippen molar-refractivity contribution >= 4 is 17.9 Å². The Bertz CT molecular complexity index is 330. The van der Waals surface area contributed by atoms with E-state index < -0.39 is 36.5 Å². The van der Waals surface area contributed by atoms with Gasteiger partial charge in [0.05, 0.1) is 13.0 Å². The molecule has 0 radical (unpaired) electrons. The van der Waals surface area contributed by atoms with Crippen molar-refractivity contribution in [3.05, 3.63) is 0 Å². The highest BCUT2D eigenvalue weighted by atomic mass is 16.6. The number of esters is 2. The molecule has 0 aromatic carbocycles. The summed E-state index contributed by atoms with van der Waals surface area (Å²) >= 11 is 0. The monoisotopic (exact) mass is 275 g/mol. The molecule has 110 valence electrons. The molecule has 1 unspecified atom stereocenters. The van der Waals surface area contributed by atoms with Crippen LogP contribution in [0.15, 0.2) is 0 Å². The molecule has 7 nitrogen and oxygen atoms in total. The van der Waals surface area contributed by atoms with Gasteiger partial charge in [-0.15, -0.1) is 0 Å². The van der Waals surface area contributed by atoms with Crippen molar-refractivity contribution in [3.63, 3.8) is 0 Å². The molecule has 0 heterocycles. The van der Waals surface area contributed by atoms with Crippen molar-refractivity contribution in [2.75, 3.05) is 6.61 Å². The fourth-order valence-electron chi connectivity index (χ4n) is 1.26. The van der Waals surface area contributed by atoms with Gasteiger partial charge in [-0.2, -0.15) is 0 Å². The minimum Gasteiger partial charge on any atom is -0.478 e. The molecule has 0 fully saturated rings. The minimum atomic E-state index is -1.57. The van der Waals surface area contributed by atoms with Gasteiger partial charge in [0.1, 0.15) is 6.04 Å². The van der Waals surface area contributed by atoms with Crippen LogP contribution in [0.2, 0.25) is 0 Å². The fraction of sp³-hybridized carbons (Fsp3) is 0.750. The van der Waals surface area contributed by atoms with Crippen LogP contribution < -0.4 is 5.73 Å².